The highest BCUT2D eigenvalue weighted by atomic mass is 35.5. The van der Waals surface area contributed by atoms with Crippen LogP contribution < -0.4 is 0 Å². The van der Waals surface area contributed by atoms with Crippen LogP contribution in [-0.4, -0.2) is 11.1 Å². The smallest absolute Gasteiger partial charge is 0.335 e. The van der Waals surface area contributed by atoms with E-state index in [4.69, 9.17) is 16.7 Å². The zero-order valence-electron chi connectivity index (χ0n) is 10.9. The molecular formula is C17H11ClO2S. The van der Waals surface area contributed by atoms with E-state index in [1.807, 2.05) is 18.2 Å². The average Bonchev–Trinajstić information content (AvgIpc) is 2.49. The van der Waals surface area contributed by atoms with Gasteiger partial charge in [0, 0.05) is 9.79 Å². The molecule has 0 atom stereocenters. The molecule has 0 saturated carbocycles. The van der Waals surface area contributed by atoms with E-state index in [0.29, 0.717) is 5.02 Å². The largest absolute Gasteiger partial charge is 0.478 e. The van der Waals surface area contributed by atoms with Crippen molar-refractivity contribution in [3.63, 3.8) is 0 Å². The highest BCUT2D eigenvalue weighted by molar-refractivity contribution is 7.99. The Kier molecular flexibility index (Phi) is 3.86. The Morgan fingerprint density at radius 3 is 2.43 bits per heavy atom. The van der Waals surface area contributed by atoms with Gasteiger partial charge in [-0.3, -0.25) is 0 Å². The third-order valence-electron chi connectivity index (χ3n) is 3.13. The average molecular weight is 315 g/mol. The van der Waals surface area contributed by atoms with Gasteiger partial charge in [-0.2, -0.15) is 0 Å². The number of hydrogen-bond acceptors (Lipinski definition) is 2. The first-order valence-electron chi connectivity index (χ1n) is 6.33. The minimum atomic E-state index is -0.973. The van der Waals surface area contributed by atoms with E-state index < -0.39 is 5.97 Å². The topological polar surface area (TPSA) is 37.3 Å². The fourth-order valence-electron chi connectivity index (χ4n) is 2.07. The highest BCUT2D eigenvalue weighted by Gasteiger charge is 2.08. The van der Waals surface area contributed by atoms with Crippen LogP contribution in [0.4, 0.5) is 0 Å². The Balaban J connectivity index is 1.93. The summed E-state index contributed by atoms with van der Waals surface area (Å²) in [7, 11) is 0. The summed E-state index contributed by atoms with van der Waals surface area (Å²) >= 11 is 7.68. The number of rotatable bonds is 3. The Hall–Kier alpha value is -1.97. The lowest BCUT2D eigenvalue weighted by Gasteiger charge is -2.06. The van der Waals surface area contributed by atoms with Crippen LogP contribution in [0.15, 0.2) is 70.5 Å². The third kappa shape index (κ3) is 3.04. The van der Waals surface area contributed by atoms with Gasteiger partial charge in [0.1, 0.15) is 0 Å². The SMILES string of the molecule is O=C(O)c1ccc(Sc2ccc3ccccc3c2)c(Cl)c1. The van der Waals surface area contributed by atoms with Gasteiger partial charge in [0.15, 0.2) is 0 Å². The standard InChI is InChI=1S/C17H11ClO2S/c18-15-10-13(17(19)20)6-8-16(15)21-14-7-5-11-3-1-2-4-12(11)9-14/h1-10H,(H,19,20). The second kappa shape index (κ2) is 5.80. The van der Waals surface area contributed by atoms with Crippen LogP contribution in [0.1, 0.15) is 10.4 Å². The molecule has 0 aliphatic heterocycles. The van der Waals surface area contributed by atoms with Gasteiger partial charge >= 0.3 is 5.97 Å². The van der Waals surface area contributed by atoms with Crippen LogP contribution in [0, 0.1) is 0 Å². The molecule has 21 heavy (non-hydrogen) atoms. The first-order valence-corrected chi connectivity index (χ1v) is 7.52. The highest BCUT2D eigenvalue weighted by Crippen LogP contribution is 2.35. The summed E-state index contributed by atoms with van der Waals surface area (Å²) in [5.41, 5.74) is 0.197. The van der Waals surface area contributed by atoms with Crippen molar-refractivity contribution in [1.29, 1.82) is 0 Å². The molecule has 0 aliphatic rings. The second-order valence-electron chi connectivity index (χ2n) is 4.56. The van der Waals surface area contributed by atoms with Crippen LogP contribution in [0.3, 0.4) is 0 Å². The van der Waals surface area contributed by atoms with Crippen molar-refractivity contribution in [2.75, 3.05) is 0 Å². The fraction of sp³-hybridized carbons (Fsp3) is 0. The molecule has 0 aromatic heterocycles. The molecule has 0 heterocycles. The lowest BCUT2D eigenvalue weighted by atomic mass is 10.1. The van der Waals surface area contributed by atoms with E-state index in [2.05, 4.69) is 24.3 Å². The van der Waals surface area contributed by atoms with Gasteiger partial charge in [0.2, 0.25) is 0 Å². The van der Waals surface area contributed by atoms with Crippen molar-refractivity contribution in [3.8, 4) is 0 Å². The summed E-state index contributed by atoms with van der Waals surface area (Å²) in [6.45, 7) is 0. The van der Waals surface area contributed by atoms with E-state index in [9.17, 15) is 4.79 Å². The van der Waals surface area contributed by atoms with Crippen LogP contribution in [0.25, 0.3) is 10.8 Å². The zero-order chi connectivity index (χ0) is 14.8. The Morgan fingerprint density at radius 1 is 0.952 bits per heavy atom. The van der Waals surface area contributed by atoms with Crippen molar-refractivity contribution in [1.82, 2.24) is 0 Å². The molecule has 3 aromatic rings. The molecule has 4 heteroatoms. The van der Waals surface area contributed by atoms with Crippen molar-refractivity contribution in [2.24, 2.45) is 0 Å². The van der Waals surface area contributed by atoms with Crippen molar-refractivity contribution in [3.05, 3.63) is 71.2 Å². The molecule has 0 bridgehead atoms. The van der Waals surface area contributed by atoms with E-state index in [1.54, 1.807) is 12.1 Å². The molecular weight excluding hydrogens is 304 g/mol. The molecule has 0 amide bonds. The quantitative estimate of drug-likeness (QED) is 0.708. The molecule has 0 unspecified atom stereocenters. The molecule has 2 nitrogen and oxygen atoms in total. The summed E-state index contributed by atoms with van der Waals surface area (Å²) in [4.78, 5) is 12.8. The molecule has 0 spiro atoms. The first kappa shape index (κ1) is 14.0. The number of hydrogen-bond donors (Lipinski definition) is 1. The number of fused-ring (bicyclic) bond motifs is 1. The monoisotopic (exact) mass is 314 g/mol. The molecule has 0 radical (unpaired) electrons. The maximum atomic E-state index is 10.9. The normalized spacial score (nSPS) is 10.7. The Morgan fingerprint density at radius 2 is 1.71 bits per heavy atom. The maximum Gasteiger partial charge on any atom is 0.335 e. The van der Waals surface area contributed by atoms with Crippen molar-refractivity contribution >= 4 is 40.1 Å². The maximum absolute atomic E-state index is 10.9. The zero-order valence-corrected chi connectivity index (χ0v) is 12.5. The van der Waals surface area contributed by atoms with Crippen LogP contribution in [0.5, 0.6) is 0 Å². The fourth-order valence-corrected chi connectivity index (χ4v) is 3.24. The summed E-state index contributed by atoms with van der Waals surface area (Å²) in [5, 5.41) is 11.8. The molecule has 104 valence electrons. The lowest BCUT2D eigenvalue weighted by molar-refractivity contribution is 0.0697. The summed E-state index contributed by atoms with van der Waals surface area (Å²) in [5.74, 6) is -0.973. The van der Waals surface area contributed by atoms with Gasteiger partial charge in [-0.1, -0.05) is 53.7 Å². The van der Waals surface area contributed by atoms with E-state index in [-0.39, 0.29) is 5.56 Å². The van der Waals surface area contributed by atoms with Gasteiger partial charge in [0.25, 0.3) is 0 Å². The van der Waals surface area contributed by atoms with Gasteiger partial charge < -0.3 is 5.11 Å². The minimum Gasteiger partial charge on any atom is -0.478 e. The number of carboxylic acids is 1. The summed E-state index contributed by atoms with van der Waals surface area (Å²) in [6.07, 6.45) is 0. The van der Waals surface area contributed by atoms with E-state index >= 15 is 0 Å². The Bertz CT molecular complexity index is 830. The Labute approximate surface area is 131 Å². The van der Waals surface area contributed by atoms with Crippen LogP contribution in [0.2, 0.25) is 5.02 Å². The van der Waals surface area contributed by atoms with Crippen molar-refractivity contribution < 1.29 is 9.90 Å². The molecule has 1 N–H and O–H groups in total. The van der Waals surface area contributed by atoms with E-state index in [0.717, 1.165) is 9.79 Å². The van der Waals surface area contributed by atoms with Crippen LogP contribution in [-0.2, 0) is 0 Å². The third-order valence-corrected chi connectivity index (χ3v) is 4.62. The van der Waals surface area contributed by atoms with Crippen LogP contribution >= 0.6 is 23.4 Å². The van der Waals surface area contributed by atoms with E-state index in [1.165, 1.54) is 28.6 Å². The predicted octanol–water partition coefficient (Wildman–Crippen LogP) is 5.34. The second-order valence-corrected chi connectivity index (χ2v) is 6.08. The first-order chi connectivity index (χ1) is 10.1. The number of carbonyl (C=O) groups is 1. The molecule has 0 aliphatic carbocycles. The molecule has 3 rings (SSSR count). The van der Waals surface area contributed by atoms with Gasteiger partial charge in [-0.25, -0.2) is 4.79 Å². The lowest BCUT2D eigenvalue weighted by Crippen LogP contribution is -1.95. The number of aromatic carboxylic acids is 1. The molecule has 0 fully saturated rings. The summed E-state index contributed by atoms with van der Waals surface area (Å²) < 4.78 is 0. The van der Waals surface area contributed by atoms with Gasteiger partial charge in [-0.15, -0.1) is 0 Å². The predicted molar refractivity (Wildman–Crippen MR) is 86.5 cm³/mol. The molecule has 3 aromatic carbocycles. The molecule has 0 saturated heterocycles. The minimum absolute atomic E-state index is 0.197. The van der Waals surface area contributed by atoms with Crippen molar-refractivity contribution in [2.45, 2.75) is 9.79 Å². The summed E-state index contributed by atoms with van der Waals surface area (Å²) in [6, 6.07) is 19.1. The number of benzene rings is 3. The number of halogens is 1. The number of carboxylic acid groups (broad SMARTS) is 1. The van der Waals surface area contributed by atoms with Gasteiger partial charge in [-0.05, 0) is 41.1 Å². The van der Waals surface area contributed by atoms with Gasteiger partial charge in [0.05, 0.1) is 10.6 Å².